The first-order chi connectivity index (χ1) is 14.2. The minimum atomic E-state index is -3.83. The number of hydrogen-bond acceptors (Lipinski definition) is 5. The lowest BCUT2D eigenvalue weighted by molar-refractivity contribution is -0.123. The van der Waals surface area contributed by atoms with Gasteiger partial charge in [0.05, 0.1) is 19.1 Å². The summed E-state index contributed by atoms with van der Waals surface area (Å²) in [5.41, 5.74) is 1.69. The summed E-state index contributed by atoms with van der Waals surface area (Å²) >= 11 is 0. The lowest BCUT2D eigenvalue weighted by atomic mass is 10.0. The van der Waals surface area contributed by atoms with Crippen LogP contribution in [0.25, 0.3) is 0 Å². The number of sulfonamides is 1. The molecule has 0 bridgehead atoms. The lowest BCUT2D eigenvalue weighted by Crippen LogP contribution is -2.47. The van der Waals surface area contributed by atoms with Crippen molar-refractivity contribution in [3.05, 3.63) is 53.6 Å². The SMILES string of the molecule is COc1ccc(OC)c(CNC(=O)C(CC(C)C)NS(=O)(=O)c2ccc(C)cc2)c1. The van der Waals surface area contributed by atoms with Crippen LogP contribution in [-0.2, 0) is 21.4 Å². The Bertz CT molecular complexity index is 956. The summed E-state index contributed by atoms with van der Waals surface area (Å²) in [6, 6.07) is 10.9. The number of methoxy groups -OCH3 is 2. The number of carbonyl (C=O) groups excluding carboxylic acids is 1. The summed E-state index contributed by atoms with van der Waals surface area (Å²) in [5.74, 6) is 0.965. The molecular weight excluding hydrogens is 404 g/mol. The number of rotatable bonds is 10. The zero-order valence-corrected chi connectivity index (χ0v) is 18.9. The zero-order valence-electron chi connectivity index (χ0n) is 18.1. The molecule has 0 heterocycles. The van der Waals surface area contributed by atoms with Crippen molar-refractivity contribution < 1.29 is 22.7 Å². The number of nitrogens with one attached hydrogen (secondary N) is 2. The van der Waals surface area contributed by atoms with E-state index in [1.54, 1.807) is 44.6 Å². The van der Waals surface area contributed by atoms with Gasteiger partial charge in [0.2, 0.25) is 15.9 Å². The van der Waals surface area contributed by atoms with Gasteiger partial charge in [0, 0.05) is 12.1 Å². The molecule has 0 radical (unpaired) electrons. The molecule has 0 spiro atoms. The molecule has 8 heteroatoms. The molecule has 0 aliphatic rings. The Morgan fingerprint density at radius 3 is 2.27 bits per heavy atom. The van der Waals surface area contributed by atoms with E-state index in [0.29, 0.717) is 17.9 Å². The molecule has 164 valence electrons. The van der Waals surface area contributed by atoms with Gasteiger partial charge in [0.15, 0.2) is 0 Å². The van der Waals surface area contributed by atoms with E-state index in [0.717, 1.165) is 11.1 Å². The molecule has 2 aromatic carbocycles. The van der Waals surface area contributed by atoms with E-state index in [9.17, 15) is 13.2 Å². The first-order valence-corrected chi connectivity index (χ1v) is 11.2. The van der Waals surface area contributed by atoms with E-state index in [2.05, 4.69) is 10.0 Å². The van der Waals surface area contributed by atoms with Crippen molar-refractivity contribution in [3.8, 4) is 11.5 Å². The van der Waals surface area contributed by atoms with Gasteiger partial charge in [-0.15, -0.1) is 0 Å². The second-order valence-electron chi connectivity index (χ2n) is 7.51. The summed E-state index contributed by atoms with van der Waals surface area (Å²) in [6.07, 6.45) is 0.367. The highest BCUT2D eigenvalue weighted by atomic mass is 32.2. The van der Waals surface area contributed by atoms with Crippen molar-refractivity contribution in [2.24, 2.45) is 5.92 Å². The van der Waals surface area contributed by atoms with Gasteiger partial charge in [-0.2, -0.15) is 4.72 Å². The van der Waals surface area contributed by atoms with Crippen LogP contribution in [-0.4, -0.2) is 34.6 Å². The fourth-order valence-corrected chi connectivity index (χ4v) is 4.19. The van der Waals surface area contributed by atoms with Crippen LogP contribution in [0.2, 0.25) is 0 Å². The molecule has 2 aromatic rings. The van der Waals surface area contributed by atoms with Crippen LogP contribution in [0.1, 0.15) is 31.4 Å². The largest absolute Gasteiger partial charge is 0.497 e. The Labute approximate surface area is 178 Å². The summed E-state index contributed by atoms with van der Waals surface area (Å²) in [6.45, 7) is 5.93. The van der Waals surface area contributed by atoms with Gasteiger partial charge in [0.1, 0.15) is 17.5 Å². The number of benzene rings is 2. The zero-order chi connectivity index (χ0) is 22.3. The maximum absolute atomic E-state index is 12.9. The van der Waals surface area contributed by atoms with Crippen LogP contribution in [0.3, 0.4) is 0 Å². The molecule has 1 amide bonds. The van der Waals surface area contributed by atoms with Crippen molar-refractivity contribution in [1.82, 2.24) is 10.0 Å². The van der Waals surface area contributed by atoms with E-state index < -0.39 is 22.0 Å². The highest BCUT2D eigenvalue weighted by Crippen LogP contribution is 2.24. The second kappa shape index (κ2) is 10.4. The maximum atomic E-state index is 12.9. The van der Waals surface area contributed by atoms with Gasteiger partial charge in [-0.05, 0) is 49.6 Å². The van der Waals surface area contributed by atoms with Crippen molar-refractivity contribution in [1.29, 1.82) is 0 Å². The van der Waals surface area contributed by atoms with Crippen LogP contribution in [0.4, 0.5) is 0 Å². The number of carbonyl (C=O) groups is 1. The highest BCUT2D eigenvalue weighted by molar-refractivity contribution is 7.89. The topological polar surface area (TPSA) is 93.7 Å². The van der Waals surface area contributed by atoms with Crippen LogP contribution in [0.5, 0.6) is 11.5 Å². The van der Waals surface area contributed by atoms with Crippen molar-refractivity contribution in [3.63, 3.8) is 0 Å². The number of hydrogen-bond donors (Lipinski definition) is 2. The molecule has 1 atom stereocenters. The molecule has 0 aliphatic carbocycles. The van der Waals surface area contributed by atoms with E-state index in [4.69, 9.17) is 9.47 Å². The van der Waals surface area contributed by atoms with Gasteiger partial charge in [-0.25, -0.2) is 8.42 Å². The molecular formula is C22H30N2O5S. The molecule has 0 fully saturated rings. The molecule has 0 saturated carbocycles. The van der Waals surface area contributed by atoms with E-state index in [1.165, 1.54) is 12.1 Å². The Balaban J connectivity index is 2.17. The van der Waals surface area contributed by atoms with E-state index in [1.807, 2.05) is 20.8 Å². The average molecular weight is 435 g/mol. The minimum Gasteiger partial charge on any atom is -0.497 e. The van der Waals surface area contributed by atoms with E-state index in [-0.39, 0.29) is 17.4 Å². The summed E-state index contributed by atoms with van der Waals surface area (Å²) in [4.78, 5) is 13.0. The molecule has 1 unspecified atom stereocenters. The highest BCUT2D eigenvalue weighted by Gasteiger charge is 2.26. The maximum Gasteiger partial charge on any atom is 0.241 e. The van der Waals surface area contributed by atoms with E-state index >= 15 is 0 Å². The first-order valence-electron chi connectivity index (χ1n) is 9.74. The number of ether oxygens (including phenoxy) is 2. The minimum absolute atomic E-state index is 0.118. The predicted octanol–water partition coefficient (Wildman–Crippen LogP) is 3.02. The van der Waals surface area contributed by atoms with Gasteiger partial charge in [-0.3, -0.25) is 4.79 Å². The Hall–Kier alpha value is -2.58. The van der Waals surface area contributed by atoms with Gasteiger partial charge in [0.25, 0.3) is 0 Å². The Morgan fingerprint density at radius 2 is 1.70 bits per heavy atom. The summed E-state index contributed by atoms with van der Waals surface area (Å²) in [7, 11) is -0.725. The molecule has 2 N–H and O–H groups in total. The molecule has 7 nitrogen and oxygen atoms in total. The Kier molecular flexibility index (Phi) is 8.25. The molecule has 0 aliphatic heterocycles. The van der Waals surface area contributed by atoms with Crippen molar-refractivity contribution in [2.45, 2.75) is 44.7 Å². The van der Waals surface area contributed by atoms with Gasteiger partial charge >= 0.3 is 0 Å². The number of amides is 1. The quantitative estimate of drug-likeness (QED) is 0.600. The fraction of sp³-hybridized carbons (Fsp3) is 0.409. The Morgan fingerprint density at radius 1 is 1.03 bits per heavy atom. The predicted molar refractivity (Wildman–Crippen MR) is 116 cm³/mol. The fourth-order valence-electron chi connectivity index (χ4n) is 2.98. The standard InChI is InChI=1S/C22H30N2O5S/c1-15(2)12-20(24-30(26,27)19-9-6-16(3)7-10-19)22(25)23-14-17-13-18(28-4)8-11-21(17)29-5/h6-11,13,15,20,24H,12,14H2,1-5H3,(H,23,25). The third-order valence-corrected chi connectivity index (χ3v) is 6.08. The van der Waals surface area contributed by atoms with Crippen molar-refractivity contribution in [2.75, 3.05) is 14.2 Å². The average Bonchev–Trinajstić information content (AvgIpc) is 2.71. The van der Waals surface area contributed by atoms with Crippen LogP contribution in [0.15, 0.2) is 47.4 Å². The molecule has 2 rings (SSSR count). The lowest BCUT2D eigenvalue weighted by Gasteiger charge is -2.21. The normalized spacial score (nSPS) is 12.5. The summed E-state index contributed by atoms with van der Waals surface area (Å²) < 4.78 is 38.6. The molecule has 30 heavy (non-hydrogen) atoms. The van der Waals surface area contributed by atoms with Crippen LogP contribution < -0.4 is 19.5 Å². The molecule has 0 aromatic heterocycles. The smallest absolute Gasteiger partial charge is 0.241 e. The monoisotopic (exact) mass is 434 g/mol. The van der Waals surface area contributed by atoms with Crippen molar-refractivity contribution >= 4 is 15.9 Å². The molecule has 0 saturated heterocycles. The number of aryl methyl sites for hydroxylation is 1. The summed E-state index contributed by atoms with van der Waals surface area (Å²) in [5, 5.41) is 2.81. The second-order valence-corrected chi connectivity index (χ2v) is 9.23. The third kappa shape index (κ3) is 6.47. The first kappa shape index (κ1) is 23.7. The van der Waals surface area contributed by atoms with Gasteiger partial charge in [-0.1, -0.05) is 31.5 Å². The van der Waals surface area contributed by atoms with Crippen LogP contribution in [0, 0.1) is 12.8 Å². The van der Waals surface area contributed by atoms with Crippen LogP contribution >= 0.6 is 0 Å². The van der Waals surface area contributed by atoms with Gasteiger partial charge < -0.3 is 14.8 Å². The third-order valence-electron chi connectivity index (χ3n) is 4.59.